The molecule has 3 rings (SSSR count). The van der Waals surface area contributed by atoms with E-state index in [-0.39, 0.29) is 0 Å². The molecule has 2 atom stereocenters. The van der Waals surface area contributed by atoms with Gasteiger partial charge in [-0.2, -0.15) is 0 Å². The van der Waals surface area contributed by atoms with Crippen LogP contribution in [0.1, 0.15) is 37.3 Å². The van der Waals surface area contributed by atoms with Gasteiger partial charge < -0.3 is 4.90 Å². The second kappa shape index (κ2) is 5.69. The van der Waals surface area contributed by atoms with Gasteiger partial charge in [-0.3, -0.25) is 4.90 Å². The predicted molar refractivity (Wildman–Crippen MR) is 89.6 cm³/mol. The van der Waals surface area contributed by atoms with E-state index in [1.165, 1.54) is 60.2 Å². The largest absolute Gasteiger partial charge is 0.366 e. The average molecular weight is 337 g/mol. The van der Waals surface area contributed by atoms with Gasteiger partial charge in [0.1, 0.15) is 0 Å². The standard InChI is InChI=1S/C17H25BrN2/c1-12-8-16(9-13(2)17(12)18)20-11-15-6-4-5-7-19(15)10-14(20)3/h8-9,14-15H,4-7,10-11H2,1-3H3. The van der Waals surface area contributed by atoms with E-state index in [1.807, 2.05) is 0 Å². The molecule has 2 fully saturated rings. The lowest BCUT2D eigenvalue weighted by atomic mass is 9.96. The Bertz CT molecular complexity index is 477. The Balaban J connectivity index is 1.86. The fourth-order valence-electron chi connectivity index (χ4n) is 3.80. The molecule has 20 heavy (non-hydrogen) atoms. The lowest BCUT2D eigenvalue weighted by Gasteiger charge is -2.48. The van der Waals surface area contributed by atoms with Gasteiger partial charge in [0, 0.05) is 35.3 Å². The number of hydrogen-bond donors (Lipinski definition) is 0. The first-order valence-electron chi connectivity index (χ1n) is 7.83. The molecule has 110 valence electrons. The van der Waals surface area contributed by atoms with E-state index in [2.05, 4.69) is 58.6 Å². The van der Waals surface area contributed by atoms with Crippen LogP contribution in [0.5, 0.6) is 0 Å². The Kier molecular flexibility index (Phi) is 4.09. The van der Waals surface area contributed by atoms with Crippen molar-refractivity contribution in [1.29, 1.82) is 0 Å². The van der Waals surface area contributed by atoms with Crippen molar-refractivity contribution in [3.8, 4) is 0 Å². The summed E-state index contributed by atoms with van der Waals surface area (Å²) < 4.78 is 1.25. The molecule has 0 aliphatic carbocycles. The van der Waals surface area contributed by atoms with Crippen molar-refractivity contribution >= 4 is 21.6 Å². The van der Waals surface area contributed by atoms with Crippen LogP contribution in [-0.2, 0) is 0 Å². The number of rotatable bonds is 1. The monoisotopic (exact) mass is 336 g/mol. The van der Waals surface area contributed by atoms with E-state index in [0.29, 0.717) is 6.04 Å². The molecule has 2 unspecified atom stereocenters. The highest BCUT2D eigenvalue weighted by molar-refractivity contribution is 9.10. The average Bonchev–Trinajstić information content (AvgIpc) is 2.43. The van der Waals surface area contributed by atoms with E-state index in [4.69, 9.17) is 0 Å². The minimum atomic E-state index is 0.615. The molecule has 0 bridgehead atoms. The zero-order valence-electron chi connectivity index (χ0n) is 12.8. The van der Waals surface area contributed by atoms with Crippen LogP contribution in [0.3, 0.4) is 0 Å². The maximum atomic E-state index is 3.68. The zero-order valence-corrected chi connectivity index (χ0v) is 14.4. The van der Waals surface area contributed by atoms with Crippen LogP contribution in [0.4, 0.5) is 5.69 Å². The molecule has 2 saturated heterocycles. The van der Waals surface area contributed by atoms with Crippen molar-refractivity contribution in [2.24, 2.45) is 0 Å². The molecule has 2 heterocycles. The molecule has 0 saturated carbocycles. The summed E-state index contributed by atoms with van der Waals surface area (Å²) in [4.78, 5) is 5.34. The van der Waals surface area contributed by atoms with E-state index in [0.717, 1.165) is 6.04 Å². The smallest absolute Gasteiger partial charge is 0.0389 e. The van der Waals surface area contributed by atoms with Crippen molar-refractivity contribution in [1.82, 2.24) is 4.90 Å². The Morgan fingerprint density at radius 2 is 1.80 bits per heavy atom. The highest BCUT2D eigenvalue weighted by Gasteiger charge is 2.33. The number of halogens is 1. The summed E-state index contributed by atoms with van der Waals surface area (Å²) in [5.41, 5.74) is 4.09. The van der Waals surface area contributed by atoms with Crippen molar-refractivity contribution in [2.75, 3.05) is 24.5 Å². The van der Waals surface area contributed by atoms with Gasteiger partial charge in [0.15, 0.2) is 0 Å². The Hall–Kier alpha value is -0.540. The number of benzene rings is 1. The van der Waals surface area contributed by atoms with Gasteiger partial charge in [0.25, 0.3) is 0 Å². The molecule has 2 nitrogen and oxygen atoms in total. The minimum Gasteiger partial charge on any atom is -0.366 e. The molecule has 0 amide bonds. The molecule has 0 N–H and O–H groups in total. The maximum absolute atomic E-state index is 3.68. The van der Waals surface area contributed by atoms with Crippen LogP contribution in [-0.4, -0.2) is 36.6 Å². The third kappa shape index (κ3) is 2.62. The highest BCUT2D eigenvalue weighted by Crippen LogP contribution is 2.32. The Labute approximate surface area is 131 Å². The molecule has 0 spiro atoms. The summed E-state index contributed by atoms with van der Waals surface area (Å²) in [5, 5.41) is 0. The van der Waals surface area contributed by atoms with Crippen molar-refractivity contribution in [3.05, 3.63) is 27.7 Å². The normalized spacial score (nSPS) is 27.5. The third-order valence-electron chi connectivity index (χ3n) is 4.94. The number of hydrogen-bond acceptors (Lipinski definition) is 2. The van der Waals surface area contributed by atoms with E-state index in [1.54, 1.807) is 0 Å². The lowest BCUT2D eigenvalue weighted by Crippen LogP contribution is -2.58. The topological polar surface area (TPSA) is 6.48 Å². The van der Waals surface area contributed by atoms with Crippen LogP contribution >= 0.6 is 15.9 Å². The lowest BCUT2D eigenvalue weighted by molar-refractivity contribution is 0.115. The number of anilines is 1. The summed E-state index contributed by atoms with van der Waals surface area (Å²) in [5.74, 6) is 0. The number of aryl methyl sites for hydroxylation is 2. The van der Waals surface area contributed by atoms with E-state index < -0.39 is 0 Å². The maximum Gasteiger partial charge on any atom is 0.0389 e. The number of piperidine rings is 1. The molecule has 2 aliphatic heterocycles. The van der Waals surface area contributed by atoms with Crippen LogP contribution in [0.2, 0.25) is 0 Å². The van der Waals surface area contributed by atoms with Gasteiger partial charge in [0.2, 0.25) is 0 Å². The zero-order chi connectivity index (χ0) is 14.3. The van der Waals surface area contributed by atoms with Crippen molar-refractivity contribution < 1.29 is 0 Å². The molecule has 0 radical (unpaired) electrons. The summed E-state index contributed by atoms with van der Waals surface area (Å²) in [6.07, 6.45) is 4.17. The Morgan fingerprint density at radius 3 is 2.50 bits per heavy atom. The van der Waals surface area contributed by atoms with Crippen LogP contribution < -0.4 is 4.90 Å². The third-order valence-corrected chi connectivity index (χ3v) is 6.19. The van der Waals surface area contributed by atoms with Crippen LogP contribution in [0.25, 0.3) is 0 Å². The van der Waals surface area contributed by atoms with Gasteiger partial charge in [0.05, 0.1) is 0 Å². The summed E-state index contributed by atoms with van der Waals surface area (Å²) in [6, 6.07) is 6.06. The fraction of sp³-hybridized carbons (Fsp3) is 0.647. The quantitative estimate of drug-likeness (QED) is 0.760. The highest BCUT2D eigenvalue weighted by atomic mass is 79.9. The van der Waals surface area contributed by atoms with Crippen molar-refractivity contribution in [3.63, 3.8) is 0 Å². The van der Waals surface area contributed by atoms with Crippen LogP contribution in [0.15, 0.2) is 16.6 Å². The first-order chi connectivity index (χ1) is 9.56. The van der Waals surface area contributed by atoms with Gasteiger partial charge in [-0.05, 0) is 63.4 Å². The second-order valence-electron chi connectivity index (χ2n) is 6.54. The predicted octanol–water partition coefficient (Wildman–Crippen LogP) is 4.13. The van der Waals surface area contributed by atoms with Crippen molar-refractivity contribution in [2.45, 2.75) is 52.1 Å². The summed E-state index contributed by atoms with van der Waals surface area (Å²) >= 11 is 3.68. The number of piperazine rings is 1. The molecule has 3 heteroatoms. The van der Waals surface area contributed by atoms with Gasteiger partial charge in [-0.1, -0.05) is 22.4 Å². The molecular formula is C17H25BrN2. The van der Waals surface area contributed by atoms with E-state index in [9.17, 15) is 0 Å². The fourth-order valence-corrected chi connectivity index (χ4v) is 4.03. The second-order valence-corrected chi connectivity index (χ2v) is 7.33. The molecule has 2 aliphatic rings. The SMILES string of the molecule is Cc1cc(N2CC3CCCCN3CC2C)cc(C)c1Br. The minimum absolute atomic E-state index is 0.615. The first-order valence-corrected chi connectivity index (χ1v) is 8.63. The Morgan fingerprint density at radius 1 is 1.10 bits per heavy atom. The molecule has 1 aromatic carbocycles. The molecule has 0 aromatic heterocycles. The first kappa shape index (κ1) is 14.4. The van der Waals surface area contributed by atoms with Crippen LogP contribution in [0, 0.1) is 13.8 Å². The summed E-state index contributed by atoms with van der Waals surface area (Å²) in [6.45, 7) is 10.5. The number of nitrogens with zero attached hydrogens (tertiary/aromatic N) is 2. The summed E-state index contributed by atoms with van der Waals surface area (Å²) in [7, 11) is 0. The van der Waals surface area contributed by atoms with Gasteiger partial charge in [-0.25, -0.2) is 0 Å². The van der Waals surface area contributed by atoms with Gasteiger partial charge >= 0.3 is 0 Å². The number of fused-ring (bicyclic) bond motifs is 1. The molecular weight excluding hydrogens is 312 g/mol. The van der Waals surface area contributed by atoms with E-state index >= 15 is 0 Å². The molecule has 1 aromatic rings. The van der Waals surface area contributed by atoms with Gasteiger partial charge in [-0.15, -0.1) is 0 Å².